The van der Waals surface area contributed by atoms with E-state index in [0.29, 0.717) is 0 Å². The molecule has 0 saturated carbocycles. The van der Waals surface area contributed by atoms with Crippen LogP contribution in [0.3, 0.4) is 0 Å². The fourth-order valence-corrected chi connectivity index (χ4v) is 12.3. The molecule has 2 aliphatic carbocycles. The van der Waals surface area contributed by atoms with E-state index in [1.807, 2.05) is 6.92 Å². The van der Waals surface area contributed by atoms with E-state index in [9.17, 15) is 0 Å². The Morgan fingerprint density at radius 1 is 0.452 bits per heavy atom. The summed E-state index contributed by atoms with van der Waals surface area (Å²) in [5, 5.41) is 15.2. The zero-order valence-corrected chi connectivity index (χ0v) is 49.6. The average molecular weight is 1110 g/mol. The molecule has 0 amide bonds. The maximum absolute atomic E-state index is 6.48. The Morgan fingerprint density at radius 2 is 0.893 bits per heavy atom. The number of nitrogens with zero attached hydrogens (tertiary/aromatic N) is 6. The molecule has 12 rings (SSSR count). The van der Waals surface area contributed by atoms with E-state index in [2.05, 4.69) is 234 Å². The first-order valence-corrected chi connectivity index (χ1v) is 30.2. The summed E-state index contributed by atoms with van der Waals surface area (Å²) in [6.45, 7) is 16.5. The lowest BCUT2D eigenvalue weighted by molar-refractivity contribution is -0.538. The maximum Gasteiger partial charge on any atom is 0.239 e. The summed E-state index contributed by atoms with van der Waals surface area (Å²) >= 11 is 0. The van der Waals surface area contributed by atoms with Gasteiger partial charge < -0.3 is 42.5 Å². The lowest BCUT2D eigenvalue weighted by Gasteiger charge is -2.39. The number of aryl methyl sites for hydroxylation is 4. The van der Waals surface area contributed by atoms with Gasteiger partial charge in [-0.1, -0.05) is 80.3 Å². The van der Waals surface area contributed by atoms with Crippen molar-refractivity contribution in [3.05, 3.63) is 209 Å². The van der Waals surface area contributed by atoms with Crippen molar-refractivity contribution in [2.24, 2.45) is 15.7 Å². The number of fused-ring (bicyclic) bond motifs is 6. The minimum Gasteiger partial charge on any atom is -0.399 e. The second-order valence-electron chi connectivity index (χ2n) is 23.2. The summed E-state index contributed by atoms with van der Waals surface area (Å²) in [7, 11) is 0. The number of aliphatic imine (C=N–C) groups is 2. The van der Waals surface area contributed by atoms with Crippen LogP contribution in [0.5, 0.6) is 0 Å². The Hall–Kier alpha value is -9.16. The monoisotopic (exact) mass is 1110 g/mol. The van der Waals surface area contributed by atoms with Crippen LogP contribution in [0, 0.1) is 27.7 Å². The first-order chi connectivity index (χ1) is 40.9. The van der Waals surface area contributed by atoms with E-state index in [1.165, 1.54) is 28.0 Å². The van der Waals surface area contributed by atoms with E-state index in [1.54, 1.807) is 0 Å². The molecule has 12 nitrogen and oxygen atoms in total. The molecule has 426 valence electrons. The predicted molar refractivity (Wildman–Crippen MR) is 354 cm³/mol. The smallest absolute Gasteiger partial charge is 0.239 e. The highest BCUT2D eigenvalue weighted by atomic mass is 15.2. The molecule has 0 spiro atoms. The number of allylic oxidation sites excluding steroid dienone is 2. The highest BCUT2D eigenvalue weighted by Gasteiger charge is 2.34. The number of aromatic nitrogens is 2. The summed E-state index contributed by atoms with van der Waals surface area (Å²) in [5.41, 5.74) is 39.6. The van der Waals surface area contributed by atoms with Crippen molar-refractivity contribution in [2.45, 2.75) is 105 Å². The van der Waals surface area contributed by atoms with Crippen LogP contribution in [0.25, 0.3) is 27.8 Å². The quantitative estimate of drug-likeness (QED) is 0.0179. The van der Waals surface area contributed by atoms with Crippen LogP contribution in [0.4, 0.5) is 56.9 Å². The van der Waals surface area contributed by atoms with Crippen LogP contribution in [0.15, 0.2) is 196 Å². The minimum atomic E-state index is -0.0583. The zero-order chi connectivity index (χ0) is 57.8. The second kappa shape index (κ2) is 24.4. The third kappa shape index (κ3) is 11.5. The van der Waals surface area contributed by atoms with Gasteiger partial charge in [-0.05, 0) is 186 Å². The molecule has 0 radical (unpaired) electrons. The SMILES string of the molecule is CC1=CC2=Nc3cc(C)c(NCCCCCCNc4cc5c(cc4C)nc4cc(C)c(NCCCCCCNC6=CC7C(=Nc8cc(C)c(N)cc8N7c7ccccc7)C=C6C)cc4[n+]5-c4ccccc4)cc3N(c3ccccc3)C2C=C1N. The molecular weight excluding hydrogens is 1030 g/mol. The van der Waals surface area contributed by atoms with Crippen molar-refractivity contribution in [1.29, 1.82) is 0 Å². The number of rotatable bonds is 21. The fourth-order valence-electron chi connectivity index (χ4n) is 12.3. The summed E-state index contributed by atoms with van der Waals surface area (Å²) in [6.07, 6.45) is 17.8. The first-order valence-electron chi connectivity index (χ1n) is 30.2. The number of nitrogen functional groups attached to an aromatic ring is 1. The number of hydrogen-bond acceptors (Lipinski definition) is 11. The molecule has 0 bridgehead atoms. The summed E-state index contributed by atoms with van der Waals surface area (Å²) in [5.74, 6) is 0. The molecule has 1 aromatic heterocycles. The molecule has 7 aromatic carbocycles. The van der Waals surface area contributed by atoms with Gasteiger partial charge in [-0.3, -0.25) is 0 Å². The highest BCUT2D eigenvalue weighted by Crippen LogP contribution is 2.46. The van der Waals surface area contributed by atoms with E-state index in [-0.39, 0.29) is 12.1 Å². The van der Waals surface area contributed by atoms with E-state index >= 15 is 0 Å². The molecule has 3 heterocycles. The molecule has 0 saturated heterocycles. The number of anilines is 8. The van der Waals surface area contributed by atoms with Crippen molar-refractivity contribution in [1.82, 2.24) is 10.3 Å². The van der Waals surface area contributed by atoms with Crippen LogP contribution in [0.1, 0.15) is 87.5 Å². The molecule has 12 heteroatoms. The second-order valence-corrected chi connectivity index (χ2v) is 23.2. The minimum absolute atomic E-state index is 0.0314. The number of para-hydroxylation sites is 3. The topological polar surface area (TPSA) is 148 Å². The fraction of sp³-hybridized carbons (Fsp3) is 0.278. The average Bonchev–Trinajstić information content (AvgIpc) is 1.15. The van der Waals surface area contributed by atoms with Gasteiger partial charge in [0.2, 0.25) is 16.7 Å². The van der Waals surface area contributed by atoms with Crippen LogP contribution >= 0.6 is 0 Å². The van der Waals surface area contributed by atoms with Crippen LogP contribution < -0.4 is 47.1 Å². The van der Waals surface area contributed by atoms with Crippen molar-refractivity contribution >= 4 is 90.4 Å². The molecule has 8 aromatic rings. The van der Waals surface area contributed by atoms with Gasteiger partial charge in [-0.2, -0.15) is 0 Å². The highest BCUT2D eigenvalue weighted by molar-refractivity contribution is 6.12. The third-order valence-electron chi connectivity index (χ3n) is 17.1. The standard InChI is InChI=1S/C72H78N12/c1-46-34-61-67(40-55(46)73)82(52-24-14-11-15-25-52)69-42-57(48(3)36-63(69)79-61)75-30-20-7-9-22-32-77-59-44-71-65(38-50(59)5)81-66-39-51(6)60(45-72(66)84(71)54-28-18-13-19-29-54)78-33-23-10-8-21-31-76-58-43-70-64(37-49(58)4)80-62-35-47(2)56(74)41-68(62)83(70)53-26-16-12-17-27-53/h11-19,24-29,34-45,67,70,75-76H,7-10,20-23,30-33,73-74H2,1-6H3,(H,77,78)/p+1. The summed E-state index contributed by atoms with van der Waals surface area (Å²) in [4.78, 5) is 20.3. The summed E-state index contributed by atoms with van der Waals surface area (Å²) < 4.78 is 2.39. The molecule has 2 aliphatic heterocycles. The largest absolute Gasteiger partial charge is 0.399 e. The Labute approximate surface area is 495 Å². The number of unbranched alkanes of at least 4 members (excludes halogenated alkanes) is 6. The van der Waals surface area contributed by atoms with E-state index < -0.39 is 0 Å². The van der Waals surface area contributed by atoms with Gasteiger partial charge in [-0.25, -0.2) is 15.0 Å². The Balaban J connectivity index is 0.645. The van der Waals surface area contributed by atoms with E-state index in [4.69, 9.17) is 26.4 Å². The lowest BCUT2D eigenvalue weighted by atomic mass is 9.93. The number of hydrogen-bond donors (Lipinski definition) is 6. The molecule has 2 atom stereocenters. The van der Waals surface area contributed by atoms with Gasteiger partial charge in [0.1, 0.15) is 11.0 Å². The first kappa shape index (κ1) is 55.4. The molecular formula is C72H79N12+. The van der Waals surface area contributed by atoms with Gasteiger partial charge in [0.15, 0.2) is 0 Å². The van der Waals surface area contributed by atoms with Gasteiger partial charge >= 0.3 is 0 Å². The van der Waals surface area contributed by atoms with Crippen LogP contribution in [-0.2, 0) is 0 Å². The third-order valence-corrected chi connectivity index (χ3v) is 17.1. The van der Waals surface area contributed by atoms with Crippen molar-refractivity contribution < 1.29 is 4.57 Å². The van der Waals surface area contributed by atoms with Crippen molar-refractivity contribution in [2.75, 3.05) is 57.7 Å². The molecule has 84 heavy (non-hydrogen) atoms. The number of benzene rings is 7. The van der Waals surface area contributed by atoms with Crippen LogP contribution in [-0.4, -0.2) is 54.7 Å². The summed E-state index contributed by atoms with van der Waals surface area (Å²) in [6, 6.07) is 49.5. The lowest BCUT2D eigenvalue weighted by Crippen LogP contribution is -2.41. The Morgan fingerprint density at radius 3 is 1.43 bits per heavy atom. The van der Waals surface area contributed by atoms with E-state index in [0.717, 1.165) is 190 Å². The maximum atomic E-state index is 6.48. The predicted octanol–water partition coefficient (Wildman–Crippen LogP) is 15.7. The van der Waals surface area contributed by atoms with Gasteiger partial charge in [0.25, 0.3) is 0 Å². The van der Waals surface area contributed by atoms with Gasteiger partial charge in [0.05, 0.1) is 46.3 Å². The number of nitrogens with two attached hydrogens (primary N) is 2. The normalized spacial score (nSPS) is 16.1. The van der Waals surface area contributed by atoms with Gasteiger partial charge in [-0.15, -0.1) is 4.57 Å². The Kier molecular flexibility index (Phi) is 16.1. The van der Waals surface area contributed by atoms with Crippen molar-refractivity contribution in [3.8, 4) is 5.69 Å². The molecule has 4 aliphatic rings. The molecule has 8 N–H and O–H groups in total. The van der Waals surface area contributed by atoms with Gasteiger partial charge in [0, 0.05) is 96.0 Å². The number of nitrogens with one attached hydrogen (secondary N) is 4. The molecule has 2 unspecified atom stereocenters. The molecule has 0 fully saturated rings. The Bertz CT molecular complexity index is 3970. The van der Waals surface area contributed by atoms with Crippen LogP contribution in [0.2, 0.25) is 0 Å². The zero-order valence-electron chi connectivity index (χ0n) is 49.6. The van der Waals surface area contributed by atoms with Crippen molar-refractivity contribution in [3.63, 3.8) is 0 Å².